The molecule has 1 aliphatic heterocycles. The van der Waals surface area contributed by atoms with Crippen LogP contribution in [0, 0.1) is 18.5 Å². The number of benzene rings is 1. The van der Waals surface area contributed by atoms with Gasteiger partial charge in [-0.2, -0.15) is 0 Å². The third-order valence-electron chi connectivity index (χ3n) is 5.46. The number of nitrogens with zero attached hydrogens (tertiary/aromatic N) is 3. The molecule has 1 aliphatic rings. The molecule has 0 bridgehead atoms. The number of piperidine rings is 1. The summed E-state index contributed by atoms with van der Waals surface area (Å²) in [6, 6.07) is 10.3. The average Bonchev–Trinajstić information content (AvgIpc) is 3.09. The summed E-state index contributed by atoms with van der Waals surface area (Å²) in [5.41, 5.74) is 9.00. The molecule has 1 aromatic carbocycles. The van der Waals surface area contributed by atoms with Crippen LogP contribution in [0.1, 0.15) is 45.4 Å². The third kappa shape index (κ3) is 3.62. The molecule has 0 spiro atoms. The summed E-state index contributed by atoms with van der Waals surface area (Å²) >= 11 is 7.40. The van der Waals surface area contributed by atoms with E-state index in [-0.39, 0.29) is 0 Å². The SMILES string of the molecule is Cc1cc(C)n(CN2CCC[C@@H](c3nc4ccccc4s3)C2)c(=S)c1C(N)=O. The summed E-state index contributed by atoms with van der Waals surface area (Å²) < 4.78 is 3.81. The summed E-state index contributed by atoms with van der Waals surface area (Å²) in [5, 5.41) is 1.22. The zero-order valence-electron chi connectivity index (χ0n) is 16.1. The molecule has 0 radical (unpaired) electrons. The van der Waals surface area contributed by atoms with Crippen LogP contribution in [-0.2, 0) is 6.67 Å². The van der Waals surface area contributed by atoms with Gasteiger partial charge in [-0.15, -0.1) is 11.3 Å². The van der Waals surface area contributed by atoms with E-state index in [1.165, 1.54) is 9.71 Å². The first kappa shape index (κ1) is 19.2. The van der Waals surface area contributed by atoms with Gasteiger partial charge in [0.15, 0.2) is 0 Å². The summed E-state index contributed by atoms with van der Waals surface area (Å²) in [6.07, 6.45) is 2.28. The summed E-state index contributed by atoms with van der Waals surface area (Å²) in [5.74, 6) is -0.0241. The molecule has 5 nitrogen and oxygen atoms in total. The van der Waals surface area contributed by atoms with Crippen LogP contribution in [0.5, 0.6) is 0 Å². The number of pyridine rings is 1. The number of thiazole rings is 1. The normalized spacial score (nSPS) is 17.9. The number of amides is 1. The van der Waals surface area contributed by atoms with Gasteiger partial charge in [0.25, 0.3) is 5.91 Å². The van der Waals surface area contributed by atoms with Crippen LogP contribution in [0.25, 0.3) is 10.2 Å². The number of likely N-dealkylation sites (tertiary alicyclic amines) is 1. The van der Waals surface area contributed by atoms with Crippen molar-refractivity contribution in [1.82, 2.24) is 14.5 Å². The number of nitrogens with two attached hydrogens (primary N) is 1. The predicted molar refractivity (Wildman–Crippen MR) is 116 cm³/mol. The molecule has 3 aromatic rings. The highest BCUT2D eigenvalue weighted by Gasteiger charge is 2.25. The first-order chi connectivity index (χ1) is 13.4. The van der Waals surface area contributed by atoms with E-state index in [1.54, 1.807) is 11.3 Å². The van der Waals surface area contributed by atoms with Crippen LogP contribution < -0.4 is 5.73 Å². The van der Waals surface area contributed by atoms with Crippen LogP contribution in [0.3, 0.4) is 0 Å². The number of carbonyl (C=O) groups excluding carboxylic acids is 1. The lowest BCUT2D eigenvalue weighted by Crippen LogP contribution is -2.36. The topological polar surface area (TPSA) is 64.2 Å². The molecule has 1 atom stereocenters. The molecule has 0 saturated carbocycles. The standard InChI is InChI=1S/C21H24N4OS2/c1-13-10-14(2)25(21(27)18(13)19(22)26)12-24-9-5-6-15(11-24)20-23-16-7-3-4-8-17(16)28-20/h3-4,7-8,10,15H,5-6,9,11-12H2,1-2H3,(H2,22,26)/t15-/m1/s1. The zero-order chi connectivity index (χ0) is 19.8. The average molecular weight is 413 g/mol. The molecule has 0 unspecified atom stereocenters. The van der Waals surface area contributed by atoms with Crippen LogP contribution in [0.2, 0.25) is 0 Å². The van der Waals surface area contributed by atoms with Crippen LogP contribution in [0.15, 0.2) is 30.3 Å². The lowest BCUT2D eigenvalue weighted by molar-refractivity contribution is 0.0997. The fourth-order valence-electron chi connectivity index (χ4n) is 4.05. The van der Waals surface area contributed by atoms with Gasteiger partial charge < -0.3 is 10.3 Å². The molecule has 4 rings (SSSR count). The highest BCUT2D eigenvalue weighted by Crippen LogP contribution is 2.33. The molecule has 146 valence electrons. The van der Waals surface area contributed by atoms with Crippen molar-refractivity contribution in [2.45, 2.75) is 39.3 Å². The Hall–Kier alpha value is -2.09. The Kier molecular flexibility index (Phi) is 5.31. The van der Waals surface area contributed by atoms with Crippen molar-refractivity contribution in [3.8, 4) is 0 Å². The highest BCUT2D eigenvalue weighted by atomic mass is 32.1. The number of aryl methyl sites for hydroxylation is 2. The minimum atomic E-state index is -0.456. The Bertz CT molecular complexity index is 1070. The lowest BCUT2D eigenvalue weighted by Gasteiger charge is -2.33. The Morgan fingerprint density at radius 1 is 1.36 bits per heavy atom. The van der Waals surface area contributed by atoms with Gasteiger partial charge in [0.1, 0.15) is 4.64 Å². The second kappa shape index (κ2) is 7.73. The number of carbonyl (C=O) groups is 1. The van der Waals surface area contributed by atoms with E-state index in [0.717, 1.165) is 42.7 Å². The number of aromatic nitrogens is 2. The maximum Gasteiger partial charge on any atom is 0.251 e. The zero-order valence-corrected chi connectivity index (χ0v) is 17.8. The van der Waals surface area contributed by atoms with E-state index in [9.17, 15) is 4.79 Å². The van der Waals surface area contributed by atoms with Crippen LogP contribution in [0.4, 0.5) is 0 Å². The van der Waals surface area contributed by atoms with Gasteiger partial charge in [-0.1, -0.05) is 24.4 Å². The fraction of sp³-hybridized carbons (Fsp3) is 0.381. The minimum Gasteiger partial charge on any atom is -0.365 e. The van der Waals surface area contributed by atoms with E-state index >= 15 is 0 Å². The largest absolute Gasteiger partial charge is 0.365 e. The van der Waals surface area contributed by atoms with Gasteiger partial charge in [-0.25, -0.2) is 4.98 Å². The monoisotopic (exact) mass is 412 g/mol. The first-order valence-electron chi connectivity index (χ1n) is 9.52. The van der Waals surface area contributed by atoms with Crippen molar-refractivity contribution >= 4 is 39.7 Å². The first-order valence-corrected chi connectivity index (χ1v) is 10.7. The van der Waals surface area contributed by atoms with Crippen molar-refractivity contribution in [1.29, 1.82) is 0 Å². The molecule has 1 saturated heterocycles. The van der Waals surface area contributed by atoms with E-state index in [0.29, 0.717) is 22.8 Å². The van der Waals surface area contributed by atoms with Crippen LogP contribution in [-0.4, -0.2) is 33.4 Å². The van der Waals surface area contributed by atoms with Crippen LogP contribution >= 0.6 is 23.6 Å². The van der Waals surface area contributed by atoms with Gasteiger partial charge in [-0.3, -0.25) is 9.69 Å². The fourth-order valence-corrected chi connectivity index (χ4v) is 5.61. The second-order valence-corrected chi connectivity index (χ2v) is 8.97. The molecule has 1 fully saturated rings. The van der Waals surface area contributed by atoms with E-state index in [1.807, 2.05) is 30.5 Å². The summed E-state index contributed by atoms with van der Waals surface area (Å²) in [4.78, 5) is 19.1. The van der Waals surface area contributed by atoms with E-state index in [2.05, 4.69) is 23.1 Å². The maximum atomic E-state index is 11.8. The van der Waals surface area contributed by atoms with Gasteiger partial charge >= 0.3 is 0 Å². The number of primary amides is 1. The van der Waals surface area contributed by atoms with Crippen molar-refractivity contribution in [2.24, 2.45) is 5.73 Å². The predicted octanol–water partition coefficient (Wildman–Crippen LogP) is 4.38. The highest BCUT2D eigenvalue weighted by molar-refractivity contribution is 7.71. The van der Waals surface area contributed by atoms with Gasteiger partial charge in [0.05, 0.1) is 27.5 Å². The van der Waals surface area contributed by atoms with Crippen molar-refractivity contribution < 1.29 is 4.79 Å². The number of fused-ring (bicyclic) bond motifs is 1. The molecular weight excluding hydrogens is 388 g/mol. The van der Waals surface area contributed by atoms with Crippen molar-refractivity contribution in [3.05, 3.63) is 56.8 Å². The Morgan fingerprint density at radius 3 is 2.89 bits per heavy atom. The lowest BCUT2D eigenvalue weighted by atomic mass is 9.99. The van der Waals surface area contributed by atoms with Crippen molar-refractivity contribution in [3.63, 3.8) is 0 Å². The number of rotatable bonds is 4. The minimum absolute atomic E-state index is 0.432. The number of hydrogen-bond acceptors (Lipinski definition) is 5. The molecule has 7 heteroatoms. The van der Waals surface area contributed by atoms with Gasteiger partial charge in [0.2, 0.25) is 0 Å². The number of hydrogen-bond donors (Lipinski definition) is 1. The third-order valence-corrected chi connectivity index (χ3v) is 7.08. The molecule has 2 N–H and O–H groups in total. The molecule has 3 heterocycles. The second-order valence-electron chi connectivity index (χ2n) is 7.52. The molecular formula is C21H24N4OS2. The molecule has 2 aromatic heterocycles. The van der Waals surface area contributed by atoms with E-state index in [4.69, 9.17) is 22.9 Å². The maximum absolute atomic E-state index is 11.8. The van der Waals surface area contributed by atoms with Crippen molar-refractivity contribution in [2.75, 3.05) is 13.1 Å². The van der Waals surface area contributed by atoms with E-state index < -0.39 is 5.91 Å². The molecule has 28 heavy (non-hydrogen) atoms. The molecule has 1 amide bonds. The Balaban J connectivity index is 1.58. The Labute approximate surface area is 173 Å². The Morgan fingerprint density at radius 2 is 2.14 bits per heavy atom. The van der Waals surface area contributed by atoms with Gasteiger partial charge in [-0.05, 0) is 57.0 Å². The van der Waals surface area contributed by atoms with Gasteiger partial charge in [0, 0.05) is 18.2 Å². The molecule has 0 aliphatic carbocycles. The number of para-hydroxylation sites is 1. The smallest absolute Gasteiger partial charge is 0.251 e. The summed E-state index contributed by atoms with van der Waals surface area (Å²) in [7, 11) is 0. The summed E-state index contributed by atoms with van der Waals surface area (Å²) in [6.45, 7) is 6.55. The quantitative estimate of drug-likeness (QED) is 0.646.